The Balaban J connectivity index is 1.59. The van der Waals surface area contributed by atoms with Gasteiger partial charge in [0.05, 0.1) is 12.5 Å². The lowest BCUT2D eigenvalue weighted by Gasteiger charge is -2.40. The molecule has 6 nitrogen and oxygen atoms in total. The van der Waals surface area contributed by atoms with Crippen LogP contribution in [-0.2, 0) is 21.7 Å². The topological polar surface area (TPSA) is 70.7 Å². The van der Waals surface area contributed by atoms with Crippen LogP contribution < -0.4 is 15.4 Å². The monoisotopic (exact) mass is 535 g/mol. The second-order valence-corrected chi connectivity index (χ2v) is 10.7. The Morgan fingerprint density at radius 2 is 1.84 bits per heavy atom. The minimum atomic E-state index is -1.12. The Labute approximate surface area is 225 Å². The standard InChI is InChI=1S/C29H27Cl2N3O3/c1-2-37-21-8-3-5-17(13-21)16-34-24-11-12-32-27(35)25(24)26(18-6-4-7-19(30)14-18)29(34)22-10-9-20(31)15-23(22)33-28(29)36/h3-10,13-15,24-26H,2,11-12,16H2,1H3,(H,32,35)(H,33,36)/t24-,25+,26-,29+/m0/s1. The van der Waals surface area contributed by atoms with E-state index >= 15 is 0 Å². The number of anilines is 1. The zero-order valence-electron chi connectivity index (χ0n) is 20.3. The SMILES string of the molecule is CCOc1cccc(CN2[C@H]3CCNC(=O)[C@H]3[C@H](c3cccc(Cl)c3)[C@]23C(=O)Nc2cc(Cl)ccc23)c1. The van der Waals surface area contributed by atoms with E-state index in [1.54, 1.807) is 6.07 Å². The second kappa shape index (κ2) is 9.35. The molecule has 190 valence electrons. The van der Waals surface area contributed by atoms with Crippen LogP contribution in [0.15, 0.2) is 66.7 Å². The molecule has 3 aromatic carbocycles. The minimum Gasteiger partial charge on any atom is -0.494 e. The summed E-state index contributed by atoms with van der Waals surface area (Å²) in [7, 11) is 0. The normalized spacial score (nSPS) is 26.5. The number of likely N-dealkylation sites (tertiary alicyclic amines) is 1. The van der Waals surface area contributed by atoms with E-state index in [-0.39, 0.29) is 17.9 Å². The third-order valence-corrected chi connectivity index (χ3v) is 8.35. The predicted octanol–water partition coefficient (Wildman–Crippen LogP) is 5.34. The number of hydrogen-bond acceptors (Lipinski definition) is 4. The number of hydrogen-bond donors (Lipinski definition) is 2. The molecule has 0 aliphatic carbocycles. The van der Waals surface area contributed by atoms with Crippen molar-refractivity contribution in [3.8, 4) is 5.75 Å². The van der Waals surface area contributed by atoms with Crippen LogP contribution in [0.2, 0.25) is 10.0 Å². The Hall–Kier alpha value is -3.06. The molecule has 1 spiro atoms. The zero-order valence-corrected chi connectivity index (χ0v) is 21.9. The maximum Gasteiger partial charge on any atom is 0.250 e. The van der Waals surface area contributed by atoms with Gasteiger partial charge >= 0.3 is 0 Å². The van der Waals surface area contributed by atoms with Crippen molar-refractivity contribution in [2.75, 3.05) is 18.5 Å². The summed E-state index contributed by atoms with van der Waals surface area (Å²) >= 11 is 12.8. The third kappa shape index (κ3) is 3.81. The van der Waals surface area contributed by atoms with Crippen molar-refractivity contribution in [2.24, 2.45) is 5.92 Å². The van der Waals surface area contributed by atoms with Crippen LogP contribution in [0.3, 0.4) is 0 Å². The number of halogens is 2. The Kier molecular flexibility index (Phi) is 6.14. The van der Waals surface area contributed by atoms with Crippen LogP contribution in [0.4, 0.5) is 5.69 Å². The molecular weight excluding hydrogens is 509 g/mol. The number of amides is 2. The van der Waals surface area contributed by atoms with E-state index in [0.717, 1.165) is 28.9 Å². The van der Waals surface area contributed by atoms with E-state index in [2.05, 4.69) is 15.5 Å². The van der Waals surface area contributed by atoms with Gasteiger partial charge in [-0.05, 0) is 60.9 Å². The number of benzene rings is 3. The van der Waals surface area contributed by atoms with E-state index < -0.39 is 17.4 Å². The van der Waals surface area contributed by atoms with Gasteiger partial charge in [-0.15, -0.1) is 0 Å². The molecule has 0 bridgehead atoms. The summed E-state index contributed by atoms with van der Waals surface area (Å²) in [5, 5.41) is 7.27. The molecule has 3 aliphatic rings. The second-order valence-electron chi connectivity index (χ2n) is 9.82. The maximum atomic E-state index is 14.3. The molecule has 0 unspecified atom stereocenters. The van der Waals surface area contributed by atoms with Crippen LogP contribution in [0, 0.1) is 5.92 Å². The number of nitrogens with zero attached hydrogens (tertiary/aromatic N) is 1. The highest BCUT2D eigenvalue weighted by Crippen LogP contribution is 2.61. The molecule has 37 heavy (non-hydrogen) atoms. The Morgan fingerprint density at radius 1 is 1.03 bits per heavy atom. The van der Waals surface area contributed by atoms with E-state index in [4.69, 9.17) is 27.9 Å². The van der Waals surface area contributed by atoms with Crippen molar-refractivity contribution in [1.82, 2.24) is 10.2 Å². The molecule has 0 saturated carbocycles. The molecule has 3 aromatic rings. The first-order valence-electron chi connectivity index (χ1n) is 12.6. The minimum absolute atomic E-state index is 0.0404. The van der Waals surface area contributed by atoms with E-state index in [1.807, 2.05) is 67.6 Å². The lowest BCUT2D eigenvalue weighted by molar-refractivity contribution is -0.128. The van der Waals surface area contributed by atoms with Gasteiger partial charge in [0, 0.05) is 46.3 Å². The molecule has 2 fully saturated rings. The average Bonchev–Trinajstić information content (AvgIpc) is 3.32. The van der Waals surface area contributed by atoms with Crippen LogP contribution >= 0.6 is 23.2 Å². The van der Waals surface area contributed by atoms with Crippen molar-refractivity contribution in [1.29, 1.82) is 0 Å². The van der Waals surface area contributed by atoms with Gasteiger partial charge in [0.2, 0.25) is 11.8 Å². The van der Waals surface area contributed by atoms with Crippen molar-refractivity contribution in [2.45, 2.75) is 37.4 Å². The highest BCUT2D eigenvalue weighted by Gasteiger charge is 2.68. The number of piperidine rings is 1. The Morgan fingerprint density at radius 3 is 2.65 bits per heavy atom. The molecule has 3 heterocycles. The lowest BCUT2D eigenvalue weighted by Crippen LogP contribution is -2.52. The number of fused-ring (bicyclic) bond motifs is 3. The molecule has 2 N–H and O–H groups in total. The number of carbonyl (C=O) groups is 2. The molecular formula is C29H27Cl2N3O3. The van der Waals surface area contributed by atoms with Crippen LogP contribution in [0.1, 0.15) is 36.0 Å². The van der Waals surface area contributed by atoms with Gasteiger partial charge in [-0.2, -0.15) is 0 Å². The number of carbonyl (C=O) groups excluding carboxylic acids is 2. The fourth-order valence-electron chi connectivity index (χ4n) is 6.61. The molecule has 2 amide bonds. The average molecular weight is 536 g/mol. The van der Waals surface area contributed by atoms with E-state index in [9.17, 15) is 9.59 Å². The summed E-state index contributed by atoms with van der Waals surface area (Å²) in [5.74, 6) is -0.302. The molecule has 3 aliphatic heterocycles. The molecule has 8 heteroatoms. The highest BCUT2D eigenvalue weighted by atomic mass is 35.5. The molecule has 4 atom stereocenters. The highest BCUT2D eigenvalue weighted by molar-refractivity contribution is 6.31. The maximum absolute atomic E-state index is 14.3. The van der Waals surface area contributed by atoms with Gasteiger partial charge in [0.15, 0.2) is 0 Å². The number of rotatable bonds is 5. The molecule has 0 radical (unpaired) electrons. The van der Waals surface area contributed by atoms with E-state index in [1.165, 1.54) is 0 Å². The summed E-state index contributed by atoms with van der Waals surface area (Å²) < 4.78 is 5.75. The molecule has 6 rings (SSSR count). The van der Waals surface area contributed by atoms with Crippen molar-refractivity contribution in [3.63, 3.8) is 0 Å². The quantitative estimate of drug-likeness (QED) is 0.462. The van der Waals surface area contributed by atoms with Crippen LogP contribution in [-0.4, -0.2) is 35.9 Å². The smallest absolute Gasteiger partial charge is 0.250 e. The predicted molar refractivity (Wildman–Crippen MR) is 144 cm³/mol. The summed E-state index contributed by atoms with van der Waals surface area (Å²) in [6, 6.07) is 20.9. The van der Waals surface area contributed by atoms with E-state index in [0.29, 0.717) is 35.4 Å². The summed E-state index contributed by atoms with van der Waals surface area (Å²) in [6.07, 6.45) is 0.733. The number of ether oxygens (including phenoxy) is 1. The fraction of sp³-hybridized carbons (Fsp3) is 0.310. The first-order valence-corrected chi connectivity index (χ1v) is 13.3. The first-order chi connectivity index (χ1) is 17.9. The summed E-state index contributed by atoms with van der Waals surface area (Å²) in [6.45, 7) is 3.55. The molecule has 0 aromatic heterocycles. The van der Waals surface area contributed by atoms with Crippen LogP contribution in [0.25, 0.3) is 0 Å². The summed E-state index contributed by atoms with van der Waals surface area (Å²) in [4.78, 5) is 30.1. The fourth-order valence-corrected chi connectivity index (χ4v) is 6.98. The van der Waals surface area contributed by atoms with Crippen molar-refractivity contribution >= 4 is 40.7 Å². The van der Waals surface area contributed by atoms with Crippen molar-refractivity contribution in [3.05, 3.63) is 93.5 Å². The largest absolute Gasteiger partial charge is 0.494 e. The summed E-state index contributed by atoms with van der Waals surface area (Å²) in [5.41, 5.74) is 2.26. The zero-order chi connectivity index (χ0) is 25.7. The molecule has 2 saturated heterocycles. The third-order valence-electron chi connectivity index (χ3n) is 7.88. The van der Waals surface area contributed by atoms with Crippen LogP contribution in [0.5, 0.6) is 5.75 Å². The van der Waals surface area contributed by atoms with Gasteiger partial charge < -0.3 is 15.4 Å². The lowest BCUT2D eigenvalue weighted by atomic mass is 9.70. The van der Waals surface area contributed by atoms with Gasteiger partial charge in [-0.1, -0.05) is 53.5 Å². The van der Waals surface area contributed by atoms with Gasteiger partial charge in [0.1, 0.15) is 11.3 Å². The van der Waals surface area contributed by atoms with Gasteiger partial charge in [-0.25, -0.2) is 0 Å². The Bertz CT molecular complexity index is 1400. The first kappa shape index (κ1) is 24.3. The van der Waals surface area contributed by atoms with Gasteiger partial charge in [0.25, 0.3) is 0 Å². The van der Waals surface area contributed by atoms with Crippen molar-refractivity contribution < 1.29 is 14.3 Å². The number of nitrogens with one attached hydrogen (secondary N) is 2. The van der Waals surface area contributed by atoms with Gasteiger partial charge in [-0.3, -0.25) is 14.5 Å².